The molecule has 0 N–H and O–H groups in total. The molecule has 0 radical (unpaired) electrons. The molecule has 4 aliphatic rings. The summed E-state index contributed by atoms with van der Waals surface area (Å²) in [5.74, 6) is -1.51. The number of nitrogens with zero attached hydrogens (tertiary/aromatic N) is 5. The average molecular weight is 319 g/mol. The predicted octanol–water partition coefficient (Wildman–Crippen LogP) is -0.238. The number of nitro groups is 1. The Morgan fingerprint density at radius 3 is 2.70 bits per heavy atom. The second kappa shape index (κ2) is 3.67. The zero-order valence-electron chi connectivity index (χ0n) is 11.5. The van der Waals surface area contributed by atoms with E-state index in [1.165, 1.54) is 0 Å². The van der Waals surface area contributed by atoms with Gasteiger partial charge >= 0.3 is 11.2 Å². The highest BCUT2D eigenvalue weighted by Gasteiger charge is 2.74. The lowest BCUT2D eigenvalue weighted by molar-refractivity contribution is -0.811. The molecule has 0 amide bonds. The smallest absolute Gasteiger partial charge is 0.310 e. The van der Waals surface area contributed by atoms with Crippen LogP contribution in [0.4, 0.5) is 0 Å². The Bertz CT molecular complexity index is 887. The molecule has 4 atom stereocenters. The van der Waals surface area contributed by atoms with Crippen LogP contribution in [0.15, 0.2) is 21.4 Å². The second-order valence-corrected chi connectivity index (χ2v) is 6.08. The summed E-state index contributed by atoms with van der Waals surface area (Å²) in [7, 11) is 0. The molecule has 6 rings (SSSR count). The van der Waals surface area contributed by atoms with Crippen molar-refractivity contribution in [3.8, 4) is 11.4 Å². The Hall–Kier alpha value is -2.98. The van der Waals surface area contributed by atoms with E-state index < -0.39 is 22.3 Å². The predicted molar refractivity (Wildman–Crippen MR) is 66.7 cm³/mol. The maximum absolute atomic E-state index is 12.1. The minimum Gasteiger partial charge on any atom is -0.359 e. The molecule has 11 heteroatoms. The molecule has 11 nitrogen and oxygen atoms in total. The van der Waals surface area contributed by atoms with Gasteiger partial charge in [-0.25, -0.2) is 0 Å². The number of fused-ring (bicyclic) bond motifs is 4. The van der Waals surface area contributed by atoms with Gasteiger partial charge in [0.25, 0.3) is 11.4 Å². The SMILES string of the molecule is O=[N+]([O-])[C@@]12c3no[n+]([O-])c3-c3no[n+]([O-])c3[C@@H]1[C@H]1C=C[C@@H]2CC1. The Morgan fingerprint density at radius 1 is 1.22 bits per heavy atom. The molecule has 23 heavy (non-hydrogen) atoms. The molecule has 2 aromatic heterocycles. The average Bonchev–Trinajstić information content (AvgIpc) is 3.12. The van der Waals surface area contributed by atoms with Crippen LogP contribution in [0.5, 0.6) is 0 Å². The van der Waals surface area contributed by atoms with Crippen LogP contribution in [0.25, 0.3) is 11.4 Å². The molecule has 2 bridgehead atoms. The van der Waals surface area contributed by atoms with Crippen LogP contribution >= 0.6 is 0 Å². The third-order valence-electron chi connectivity index (χ3n) is 5.33. The molecule has 0 saturated heterocycles. The molecule has 1 saturated carbocycles. The number of rotatable bonds is 1. The van der Waals surface area contributed by atoms with Crippen molar-refractivity contribution in [1.82, 2.24) is 10.3 Å². The van der Waals surface area contributed by atoms with Crippen LogP contribution < -0.4 is 9.81 Å². The minimum atomic E-state index is -1.71. The number of hydrogen-bond donors (Lipinski definition) is 0. The molecule has 0 unspecified atom stereocenters. The first-order chi connectivity index (χ1) is 11.1. The second-order valence-electron chi connectivity index (χ2n) is 6.08. The van der Waals surface area contributed by atoms with Crippen LogP contribution in [0.1, 0.15) is 30.1 Å². The summed E-state index contributed by atoms with van der Waals surface area (Å²) in [6, 6.07) is 0. The quantitative estimate of drug-likeness (QED) is 0.302. The van der Waals surface area contributed by atoms with Gasteiger partial charge in [-0.3, -0.25) is 19.4 Å². The first-order valence-electron chi connectivity index (χ1n) is 7.09. The first kappa shape index (κ1) is 12.6. The zero-order valence-corrected chi connectivity index (χ0v) is 11.5. The van der Waals surface area contributed by atoms with E-state index >= 15 is 0 Å². The molecule has 0 aromatic carbocycles. The maximum Gasteiger partial charge on any atom is 0.310 e. The van der Waals surface area contributed by atoms with Crippen molar-refractivity contribution >= 4 is 0 Å². The highest BCUT2D eigenvalue weighted by Crippen LogP contribution is 2.61. The van der Waals surface area contributed by atoms with Crippen LogP contribution in [-0.4, -0.2) is 15.2 Å². The summed E-state index contributed by atoms with van der Waals surface area (Å²) in [6.07, 6.45) is 4.93. The van der Waals surface area contributed by atoms with Crippen LogP contribution in [0, 0.1) is 32.4 Å². The summed E-state index contributed by atoms with van der Waals surface area (Å²) >= 11 is 0. The summed E-state index contributed by atoms with van der Waals surface area (Å²) in [5.41, 5.74) is -2.04. The molecular weight excluding hydrogens is 310 g/mol. The van der Waals surface area contributed by atoms with E-state index in [1.807, 2.05) is 6.08 Å². The molecule has 118 valence electrons. The summed E-state index contributed by atoms with van der Waals surface area (Å²) in [5, 5.41) is 43.4. The highest BCUT2D eigenvalue weighted by atomic mass is 16.8. The monoisotopic (exact) mass is 319 g/mol. The lowest BCUT2D eigenvalue weighted by atomic mass is 9.53. The van der Waals surface area contributed by atoms with E-state index in [9.17, 15) is 20.5 Å². The molecule has 0 aliphatic heterocycles. The van der Waals surface area contributed by atoms with Gasteiger partial charge in [-0.1, -0.05) is 12.2 Å². The van der Waals surface area contributed by atoms with Crippen LogP contribution in [-0.2, 0) is 5.54 Å². The van der Waals surface area contributed by atoms with Crippen molar-refractivity contribution in [1.29, 1.82) is 0 Å². The van der Waals surface area contributed by atoms with E-state index in [0.29, 0.717) is 12.8 Å². The third kappa shape index (κ3) is 1.16. The van der Waals surface area contributed by atoms with E-state index in [2.05, 4.69) is 19.6 Å². The minimum absolute atomic E-state index is 0.000972. The summed E-state index contributed by atoms with van der Waals surface area (Å²) in [4.78, 5) is 11.9. The fourth-order valence-corrected chi connectivity index (χ4v) is 4.50. The van der Waals surface area contributed by atoms with Gasteiger partial charge < -0.3 is 10.4 Å². The topological polar surface area (TPSA) is 149 Å². The van der Waals surface area contributed by atoms with E-state index in [4.69, 9.17) is 0 Å². The van der Waals surface area contributed by atoms with E-state index in [1.54, 1.807) is 6.08 Å². The van der Waals surface area contributed by atoms with E-state index in [-0.39, 0.29) is 38.5 Å². The van der Waals surface area contributed by atoms with Crippen molar-refractivity contribution < 1.29 is 24.0 Å². The molecule has 2 heterocycles. The van der Waals surface area contributed by atoms with Gasteiger partial charge in [0.15, 0.2) is 0 Å². The normalized spacial score (nSPS) is 33.1. The largest absolute Gasteiger partial charge is 0.359 e. The van der Waals surface area contributed by atoms with Gasteiger partial charge in [-0.2, -0.15) is 0 Å². The molecule has 2 aromatic rings. The Balaban J connectivity index is 1.95. The molecule has 4 aliphatic carbocycles. The van der Waals surface area contributed by atoms with Crippen molar-refractivity contribution in [2.75, 3.05) is 0 Å². The summed E-state index contributed by atoms with van der Waals surface area (Å²) < 4.78 is 9.23. The standard InChI is InChI=1S/C12H9N5O6/c18-15-9-7-5-1-3-6(4-2-5)12(7,17(20)21)11-10(8(9)13-22-15)16(19)23-14-11/h1,3,5-7H,2,4H2/t5-,6+,7-,12+/m0/s1. The Kier molecular flexibility index (Phi) is 2.00. The van der Waals surface area contributed by atoms with Gasteiger partial charge in [0, 0.05) is 10.1 Å². The van der Waals surface area contributed by atoms with Gasteiger partial charge in [-0.05, 0) is 28.6 Å². The fraction of sp³-hybridized carbons (Fsp3) is 0.500. The van der Waals surface area contributed by atoms with Gasteiger partial charge in [0.1, 0.15) is 5.92 Å². The maximum atomic E-state index is 12.1. The van der Waals surface area contributed by atoms with Gasteiger partial charge in [0.05, 0.1) is 11.1 Å². The summed E-state index contributed by atoms with van der Waals surface area (Å²) in [6.45, 7) is 0. The van der Waals surface area contributed by atoms with E-state index in [0.717, 1.165) is 0 Å². The Morgan fingerprint density at radius 2 is 2.00 bits per heavy atom. The van der Waals surface area contributed by atoms with Crippen LogP contribution in [0.3, 0.4) is 0 Å². The van der Waals surface area contributed by atoms with Gasteiger partial charge in [0.2, 0.25) is 5.69 Å². The van der Waals surface area contributed by atoms with Crippen molar-refractivity contribution in [2.45, 2.75) is 24.3 Å². The van der Waals surface area contributed by atoms with Crippen molar-refractivity contribution in [3.05, 3.63) is 44.1 Å². The molecular formula is C12H9N5O6. The molecule has 0 spiro atoms. The first-order valence-corrected chi connectivity index (χ1v) is 7.09. The van der Waals surface area contributed by atoms with Crippen molar-refractivity contribution in [2.24, 2.45) is 11.8 Å². The third-order valence-corrected chi connectivity index (χ3v) is 5.33. The fourth-order valence-electron chi connectivity index (χ4n) is 4.50. The van der Waals surface area contributed by atoms with Gasteiger partial charge in [-0.15, -0.1) is 0 Å². The zero-order chi connectivity index (χ0) is 15.9. The molecule has 1 fully saturated rings. The number of hydrogen-bond acceptors (Lipinski definition) is 8. The lowest BCUT2D eigenvalue weighted by Crippen LogP contribution is -2.58. The van der Waals surface area contributed by atoms with Crippen LogP contribution in [0.2, 0.25) is 0 Å². The Labute approximate surface area is 127 Å². The van der Waals surface area contributed by atoms with Crippen molar-refractivity contribution in [3.63, 3.8) is 0 Å². The lowest BCUT2D eigenvalue weighted by Gasteiger charge is -2.45. The highest BCUT2D eigenvalue weighted by molar-refractivity contribution is 5.63. The number of aromatic nitrogens is 4. The number of allylic oxidation sites excluding steroid dienone is 1.